The van der Waals surface area contributed by atoms with Gasteiger partial charge in [0.2, 0.25) is 5.91 Å². The summed E-state index contributed by atoms with van der Waals surface area (Å²) >= 11 is 0. The molecule has 0 aliphatic carbocycles. The number of hydrogen-bond donors (Lipinski definition) is 2. The number of carboxylic acid groups (broad SMARTS) is 1. The van der Waals surface area contributed by atoms with Crippen molar-refractivity contribution in [2.45, 2.75) is 51.8 Å². The summed E-state index contributed by atoms with van der Waals surface area (Å²) in [5.41, 5.74) is -0.0214. The van der Waals surface area contributed by atoms with Crippen molar-refractivity contribution in [3.05, 3.63) is 40.9 Å². The number of ether oxygens (including phenoxy) is 1. The van der Waals surface area contributed by atoms with E-state index in [0.717, 1.165) is 0 Å². The number of carboxylic acids is 1. The highest BCUT2D eigenvalue weighted by molar-refractivity contribution is 5.83. The van der Waals surface area contributed by atoms with E-state index in [0.29, 0.717) is 10.9 Å². The van der Waals surface area contributed by atoms with Gasteiger partial charge in [0.1, 0.15) is 6.04 Å². The summed E-state index contributed by atoms with van der Waals surface area (Å²) in [6.45, 7) is 5.95. The molecule has 2 aromatic rings. The van der Waals surface area contributed by atoms with Gasteiger partial charge in [0, 0.05) is 26.0 Å². The highest BCUT2D eigenvalue weighted by Crippen LogP contribution is 2.08. The predicted octanol–water partition coefficient (Wildman–Crippen LogP) is 1.56. The van der Waals surface area contributed by atoms with E-state index in [1.54, 1.807) is 24.3 Å². The molecule has 1 atom stereocenters. The SMILES string of the molecule is CC(C)(C)OCCC(NC(=O)CCn1cnc2ccccc2c1=O)C(=O)O. The summed E-state index contributed by atoms with van der Waals surface area (Å²) in [5, 5.41) is 12.2. The Balaban J connectivity index is 1.93. The highest BCUT2D eigenvalue weighted by Gasteiger charge is 2.21. The molecule has 27 heavy (non-hydrogen) atoms. The first kappa shape index (κ1) is 20.6. The minimum Gasteiger partial charge on any atom is -0.480 e. The van der Waals surface area contributed by atoms with Crippen molar-refractivity contribution in [3.63, 3.8) is 0 Å². The van der Waals surface area contributed by atoms with E-state index in [9.17, 15) is 19.5 Å². The number of rotatable bonds is 8. The number of aliphatic carboxylic acids is 1. The molecule has 1 unspecified atom stereocenters. The maximum Gasteiger partial charge on any atom is 0.326 e. The van der Waals surface area contributed by atoms with Gasteiger partial charge in [-0.15, -0.1) is 0 Å². The van der Waals surface area contributed by atoms with Crippen molar-refractivity contribution in [2.75, 3.05) is 6.61 Å². The molecule has 0 aliphatic rings. The number of hydrogen-bond acceptors (Lipinski definition) is 5. The summed E-state index contributed by atoms with van der Waals surface area (Å²) in [7, 11) is 0. The van der Waals surface area contributed by atoms with Crippen LogP contribution in [0.4, 0.5) is 0 Å². The predicted molar refractivity (Wildman–Crippen MR) is 101 cm³/mol. The summed E-state index contributed by atoms with van der Waals surface area (Å²) in [6, 6.07) is 5.93. The van der Waals surface area contributed by atoms with Crippen LogP contribution in [0.5, 0.6) is 0 Å². The minimum absolute atomic E-state index is 0.0240. The van der Waals surface area contributed by atoms with Crippen LogP contribution in [0.1, 0.15) is 33.6 Å². The van der Waals surface area contributed by atoms with Crippen LogP contribution < -0.4 is 10.9 Å². The third-order valence-electron chi connectivity index (χ3n) is 3.89. The van der Waals surface area contributed by atoms with E-state index in [1.165, 1.54) is 10.9 Å². The molecule has 146 valence electrons. The average molecular weight is 375 g/mol. The zero-order valence-corrected chi connectivity index (χ0v) is 15.8. The maximum atomic E-state index is 12.4. The first-order valence-electron chi connectivity index (χ1n) is 8.78. The molecule has 0 fully saturated rings. The van der Waals surface area contributed by atoms with Gasteiger partial charge in [-0.3, -0.25) is 14.2 Å². The quantitative estimate of drug-likeness (QED) is 0.724. The number of carbonyl (C=O) groups excluding carboxylic acids is 1. The lowest BCUT2D eigenvalue weighted by atomic mass is 10.1. The average Bonchev–Trinajstić information content (AvgIpc) is 2.59. The first-order chi connectivity index (χ1) is 12.7. The van der Waals surface area contributed by atoms with Gasteiger partial charge < -0.3 is 15.2 Å². The topological polar surface area (TPSA) is 111 Å². The van der Waals surface area contributed by atoms with Gasteiger partial charge in [-0.2, -0.15) is 0 Å². The molecule has 8 heteroatoms. The van der Waals surface area contributed by atoms with E-state index in [2.05, 4.69) is 10.3 Å². The molecule has 0 bridgehead atoms. The molecule has 0 spiro atoms. The third kappa shape index (κ3) is 6.18. The Morgan fingerprint density at radius 2 is 2.00 bits per heavy atom. The van der Waals surface area contributed by atoms with Crippen molar-refractivity contribution in [1.29, 1.82) is 0 Å². The first-order valence-corrected chi connectivity index (χ1v) is 8.78. The van der Waals surface area contributed by atoms with Gasteiger partial charge in [0.25, 0.3) is 5.56 Å². The lowest BCUT2D eigenvalue weighted by molar-refractivity contribution is -0.142. The van der Waals surface area contributed by atoms with Crippen molar-refractivity contribution >= 4 is 22.8 Å². The summed E-state index contributed by atoms with van der Waals surface area (Å²) in [6.07, 6.45) is 1.53. The summed E-state index contributed by atoms with van der Waals surface area (Å²) < 4.78 is 6.86. The standard InChI is InChI=1S/C19H25N3O5/c1-19(2,3)27-11-9-15(18(25)26)21-16(23)8-10-22-12-20-14-7-5-4-6-13(14)17(22)24/h4-7,12,15H,8-11H2,1-3H3,(H,21,23)(H,25,26). The largest absolute Gasteiger partial charge is 0.480 e. The van der Waals surface area contributed by atoms with E-state index in [4.69, 9.17) is 4.74 Å². The lowest BCUT2D eigenvalue weighted by Crippen LogP contribution is -2.42. The number of fused-ring (bicyclic) bond motifs is 1. The third-order valence-corrected chi connectivity index (χ3v) is 3.89. The second-order valence-electron chi connectivity index (χ2n) is 7.22. The van der Waals surface area contributed by atoms with Crippen molar-refractivity contribution in [3.8, 4) is 0 Å². The number of nitrogens with zero attached hydrogens (tertiary/aromatic N) is 2. The Kier molecular flexibility index (Phi) is 6.68. The van der Waals surface area contributed by atoms with Crippen LogP contribution >= 0.6 is 0 Å². The minimum atomic E-state index is -1.12. The highest BCUT2D eigenvalue weighted by atomic mass is 16.5. The Bertz CT molecular complexity index is 870. The molecule has 1 aromatic carbocycles. The molecule has 1 aromatic heterocycles. The second-order valence-corrected chi connectivity index (χ2v) is 7.22. The summed E-state index contributed by atoms with van der Waals surface area (Å²) in [5.74, 6) is -1.57. The fraction of sp³-hybridized carbons (Fsp3) is 0.474. The molecule has 0 saturated heterocycles. The molecule has 2 N–H and O–H groups in total. The fourth-order valence-electron chi connectivity index (χ4n) is 2.49. The van der Waals surface area contributed by atoms with E-state index < -0.39 is 17.9 Å². The number of aromatic nitrogens is 2. The molecule has 1 heterocycles. The van der Waals surface area contributed by atoms with E-state index in [1.807, 2.05) is 20.8 Å². The normalized spacial score (nSPS) is 12.7. The number of carbonyl (C=O) groups is 2. The van der Waals surface area contributed by atoms with Crippen molar-refractivity contribution in [1.82, 2.24) is 14.9 Å². The van der Waals surface area contributed by atoms with Gasteiger partial charge in [-0.25, -0.2) is 9.78 Å². The van der Waals surface area contributed by atoms with Gasteiger partial charge >= 0.3 is 5.97 Å². The lowest BCUT2D eigenvalue weighted by Gasteiger charge is -2.21. The number of para-hydroxylation sites is 1. The molecule has 2 rings (SSSR count). The molecular weight excluding hydrogens is 350 g/mol. The van der Waals surface area contributed by atoms with Gasteiger partial charge in [-0.1, -0.05) is 12.1 Å². The molecule has 1 amide bonds. The Morgan fingerprint density at radius 1 is 1.30 bits per heavy atom. The van der Waals surface area contributed by atoms with Crippen LogP contribution in [0, 0.1) is 0 Å². The van der Waals surface area contributed by atoms with Gasteiger partial charge in [0.05, 0.1) is 22.8 Å². The molecule has 0 radical (unpaired) electrons. The maximum absolute atomic E-state index is 12.4. The smallest absolute Gasteiger partial charge is 0.326 e. The number of benzene rings is 1. The van der Waals surface area contributed by atoms with Crippen LogP contribution in [0.15, 0.2) is 35.4 Å². The van der Waals surface area contributed by atoms with Crippen LogP contribution in [-0.2, 0) is 20.9 Å². The van der Waals surface area contributed by atoms with Gasteiger partial charge in [-0.05, 0) is 32.9 Å². The van der Waals surface area contributed by atoms with Crippen LogP contribution in [0.3, 0.4) is 0 Å². The monoisotopic (exact) mass is 375 g/mol. The fourth-order valence-corrected chi connectivity index (χ4v) is 2.49. The van der Waals surface area contributed by atoms with Crippen LogP contribution in [0.25, 0.3) is 10.9 Å². The second kappa shape index (κ2) is 8.77. The number of nitrogens with one attached hydrogen (secondary N) is 1. The number of amides is 1. The zero-order valence-electron chi connectivity index (χ0n) is 15.8. The molecular formula is C19H25N3O5. The summed E-state index contributed by atoms with van der Waals surface area (Å²) in [4.78, 5) is 40.0. The van der Waals surface area contributed by atoms with E-state index >= 15 is 0 Å². The Labute approximate surface area is 157 Å². The molecule has 0 aliphatic heterocycles. The van der Waals surface area contributed by atoms with Crippen molar-refractivity contribution < 1.29 is 19.4 Å². The van der Waals surface area contributed by atoms with E-state index in [-0.39, 0.29) is 37.2 Å². The Hall–Kier alpha value is -2.74. The van der Waals surface area contributed by atoms with Crippen LogP contribution in [-0.4, -0.2) is 44.8 Å². The van der Waals surface area contributed by atoms with Crippen molar-refractivity contribution in [2.24, 2.45) is 0 Å². The molecule has 0 saturated carbocycles. The molecule has 8 nitrogen and oxygen atoms in total. The van der Waals surface area contributed by atoms with Crippen LogP contribution in [0.2, 0.25) is 0 Å². The number of aryl methyl sites for hydroxylation is 1. The Morgan fingerprint density at radius 3 is 2.67 bits per heavy atom. The zero-order chi connectivity index (χ0) is 20.0. The van der Waals surface area contributed by atoms with Gasteiger partial charge in [0.15, 0.2) is 0 Å².